The van der Waals surface area contributed by atoms with Crippen LogP contribution in [0.25, 0.3) is 16.8 Å². The second kappa shape index (κ2) is 8.45. The highest BCUT2D eigenvalue weighted by Gasteiger charge is 2.28. The number of likely N-dealkylation sites (tertiary alicyclic amines) is 1. The number of piperidine rings is 1. The molecule has 0 radical (unpaired) electrons. The fourth-order valence-electron chi connectivity index (χ4n) is 4.23. The number of furan rings is 1. The van der Waals surface area contributed by atoms with E-state index >= 15 is 0 Å². The number of aromatic nitrogens is 3. The summed E-state index contributed by atoms with van der Waals surface area (Å²) in [7, 11) is 1.56. The Balaban J connectivity index is 1.38. The van der Waals surface area contributed by atoms with Crippen LogP contribution in [-0.4, -0.2) is 45.6 Å². The summed E-state index contributed by atoms with van der Waals surface area (Å²) >= 11 is 0. The molecule has 32 heavy (non-hydrogen) atoms. The summed E-state index contributed by atoms with van der Waals surface area (Å²) in [5.41, 5.74) is 2.14. The lowest BCUT2D eigenvalue weighted by Crippen LogP contribution is -2.40. The number of fused-ring (bicyclic) bond motifs is 1. The van der Waals surface area contributed by atoms with Crippen LogP contribution in [0.4, 0.5) is 4.39 Å². The smallest absolute Gasteiger partial charge is 0.230 e. The van der Waals surface area contributed by atoms with Gasteiger partial charge in [-0.25, -0.2) is 13.9 Å². The molecule has 1 aromatic carbocycles. The molecule has 1 aliphatic rings. The van der Waals surface area contributed by atoms with Crippen LogP contribution in [0.5, 0.6) is 5.75 Å². The first kappa shape index (κ1) is 20.2. The van der Waals surface area contributed by atoms with Gasteiger partial charge in [0, 0.05) is 36.3 Å². The van der Waals surface area contributed by atoms with Gasteiger partial charge in [0.25, 0.3) is 0 Å². The minimum atomic E-state index is -0.332. The minimum absolute atomic E-state index is 0.0499. The van der Waals surface area contributed by atoms with E-state index in [0.717, 1.165) is 24.9 Å². The summed E-state index contributed by atoms with van der Waals surface area (Å²) in [6.07, 6.45) is 5.49. The number of halogens is 1. The van der Waals surface area contributed by atoms with Crippen molar-refractivity contribution in [3.8, 4) is 16.9 Å². The van der Waals surface area contributed by atoms with Crippen molar-refractivity contribution >= 4 is 11.6 Å². The molecule has 4 heterocycles. The Morgan fingerprint density at radius 1 is 1.28 bits per heavy atom. The SMILES string of the molecule is COc1ccc(F)cc1-c1ccc2nc([C@H]3CCCN(C(=O)Cc4ccco4)C3)nn2c1. The standard InChI is InChI=1S/C24H23FN4O3/c1-31-21-8-7-18(25)12-20(21)16-6-9-22-26-24(27-29(22)15-16)17-4-2-10-28(14-17)23(30)13-19-5-3-11-32-19/h3,5-9,11-12,15,17H,2,4,10,13-14H2,1H3/t17-/m0/s1. The molecule has 1 saturated heterocycles. The summed E-state index contributed by atoms with van der Waals surface area (Å²) < 4.78 is 26.2. The molecule has 0 N–H and O–H groups in total. The summed E-state index contributed by atoms with van der Waals surface area (Å²) in [5, 5.41) is 4.68. The third-order valence-corrected chi connectivity index (χ3v) is 5.86. The van der Waals surface area contributed by atoms with E-state index in [2.05, 4.69) is 5.10 Å². The van der Waals surface area contributed by atoms with Crippen LogP contribution in [0.15, 0.2) is 59.3 Å². The Hall–Kier alpha value is -3.68. The van der Waals surface area contributed by atoms with Crippen molar-refractivity contribution in [3.63, 3.8) is 0 Å². The Kier molecular flexibility index (Phi) is 5.34. The molecule has 3 aromatic heterocycles. The van der Waals surface area contributed by atoms with E-state index < -0.39 is 0 Å². The third kappa shape index (κ3) is 3.95. The van der Waals surface area contributed by atoms with E-state index in [1.807, 2.05) is 29.3 Å². The average Bonchev–Trinajstić information content (AvgIpc) is 3.48. The average molecular weight is 434 g/mol. The highest BCUT2D eigenvalue weighted by Crippen LogP contribution is 2.31. The lowest BCUT2D eigenvalue weighted by molar-refractivity contribution is -0.132. The number of amides is 1. The number of methoxy groups -OCH3 is 1. The maximum Gasteiger partial charge on any atom is 0.230 e. The zero-order valence-electron chi connectivity index (χ0n) is 17.7. The van der Waals surface area contributed by atoms with E-state index in [1.54, 1.807) is 30.0 Å². The van der Waals surface area contributed by atoms with Gasteiger partial charge in [-0.2, -0.15) is 5.10 Å². The molecular formula is C24H23FN4O3. The maximum absolute atomic E-state index is 13.8. The summed E-state index contributed by atoms with van der Waals surface area (Å²) in [6, 6.07) is 11.8. The molecule has 4 aromatic rings. The first-order chi connectivity index (χ1) is 15.6. The maximum atomic E-state index is 13.8. The predicted octanol–water partition coefficient (Wildman–Crippen LogP) is 4.09. The Bertz CT molecular complexity index is 1250. The van der Waals surface area contributed by atoms with Gasteiger partial charge in [-0.15, -0.1) is 0 Å². The van der Waals surface area contributed by atoms with Crippen molar-refractivity contribution in [2.45, 2.75) is 25.2 Å². The quantitative estimate of drug-likeness (QED) is 0.473. The van der Waals surface area contributed by atoms with Gasteiger partial charge < -0.3 is 14.1 Å². The number of pyridine rings is 1. The van der Waals surface area contributed by atoms with E-state index in [1.165, 1.54) is 12.1 Å². The summed E-state index contributed by atoms with van der Waals surface area (Å²) in [5.74, 6) is 1.75. The number of ether oxygens (including phenoxy) is 1. The van der Waals surface area contributed by atoms with Gasteiger partial charge in [0.2, 0.25) is 5.91 Å². The van der Waals surface area contributed by atoms with Crippen LogP contribution in [0.2, 0.25) is 0 Å². The Morgan fingerprint density at radius 3 is 3.00 bits per heavy atom. The predicted molar refractivity (Wildman–Crippen MR) is 116 cm³/mol. The van der Waals surface area contributed by atoms with Crippen LogP contribution in [0.3, 0.4) is 0 Å². The first-order valence-electron chi connectivity index (χ1n) is 10.6. The van der Waals surface area contributed by atoms with E-state index in [0.29, 0.717) is 35.1 Å². The summed E-state index contributed by atoms with van der Waals surface area (Å²) in [4.78, 5) is 19.2. The lowest BCUT2D eigenvalue weighted by Gasteiger charge is -2.31. The molecule has 0 aliphatic carbocycles. The van der Waals surface area contributed by atoms with Crippen molar-refractivity contribution in [2.75, 3.05) is 20.2 Å². The molecule has 0 saturated carbocycles. The van der Waals surface area contributed by atoms with Crippen LogP contribution < -0.4 is 4.74 Å². The minimum Gasteiger partial charge on any atom is -0.496 e. The number of benzene rings is 1. The first-order valence-corrected chi connectivity index (χ1v) is 10.6. The lowest BCUT2D eigenvalue weighted by atomic mass is 9.97. The van der Waals surface area contributed by atoms with Gasteiger partial charge in [-0.3, -0.25) is 4.79 Å². The Morgan fingerprint density at radius 2 is 2.19 bits per heavy atom. The molecule has 5 rings (SSSR count). The number of hydrogen-bond donors (Lipinski definition) is 0. The molecule has 8 heteroatoms. The van der Waals surface area contributed by atoms with E-state index in [-0.39, 0.29) is 24.1 Å². The second-order valence-corrected chi connectivity index (χ2v) is 7.97. The molecule has 7 nitrogen and oxygen atoms in total. The highest BCUT2D eigenvalue weighted by molar-refractivity contribution is 5.78. The second-order valence-electron chi connectivity index (χ2n) is 7.97. The monoisotopic (exact) mass is 434 g/mol. The van der Waals surface area contributed by atoms with Crippen LogP contribution >= 0.6 is 0 Å². The van der Waals surface area contributed by atoms with Gasteiger partial charge in [0.05, 0.1) is 19.8 Å². The molecule has 1 aliphatic heterocycles. The number of carbonyl (C=O) groups excluding carboxylic acids is 1. The summed E-state index contributed by atoms with van der Waals surface area (Å²) in [6.45, 7) is 1.31. The van der Waals surface area contributed by atoms with E-state index in [4.69, 9.17) is 14.1 Å². The van der Waals surface area contributed by atoms with Crippen molar-refractivity contribution in [2.24, 2.45) is 0 Å². The number of hydrogen-bond acceptors (Lipinski definition) is 5. The Labute approximate surface area is 184 Å². The molecule has 1 atom stereocenters. The van der Waals surface area contributed by atoms with Crippen LogP contribution in [0, 0.1) is 5.82 Å². The van der Waals surface area contributed by atoms with Gasteiger partial charge in [0.1, 0.15) is 17.3 Å². The molecule has 1 amide bonds. The largest absolute Gasteiger partial charge is 0.496 e. The van der Waals surface area contributed by atoms with Crippen LogP contribution in [-0.2, 0) is 11.2 Å². The van der Waals surface area contributed by atoms with Crippen LogP contribution in [0.1, 0.15) is 30.3 Å². The number of carbonyl (C=O) groups is 1. The normalized spacial score (nSPS) is 16.4. The molecule has 0 spiro atoms. The van der Waals surface area contributed by atoms with Crippen molar-refractivity contribution in [1.82, 2.24) is 19.5 Å². The molecular weight excluding hydrogens is 411 g/mol. The van der Waals surface area contributed by atoms with Crippen molar-refractivity contribution in [1.29, 1.82) is 0 Å². The number of nitrogens with zero attached hydrogens (tertiary/aromatic N) is 4. The van der Waals surface area contributed by atoms with Gasteiger partial charge in [-0.05, 0) is 55.3 Å². The molecule has 0 unspecified atom stereocenters. The molecule has 1 fully saturated rings. The zero-order valence-corrected chi connectivity index (χ0v) is 17.7. The fourth-order valence-corrected chi connectivity index (χ4v) is 4.23. The highest BCUT2D eigenvalue weighted by atomic mass is 19.1. The fraction of sp³-hybridized carbons (Fsp3) is 0.292. The van der Waals surface area contributed by atoms with E-state index in [9.17, 15) is 9.18 Å². The van der Waals surface area contributed by atoms with Gasteiger partial charge in [-0.1, -0.05) is 0 Å². The number of rotatable bonds is 5. The third-order valence-electron chi connectivity index (χ3n) is 5.86. The van der Waals surface area contributed by atoms with Crippen molar-refractivity contribution < 1.29 is 18.3 Å². The zero-order chi connectivity index (χ0) is 22.1. The van der Waals surface area contributed by atoms with Gasteiger partial charge >= 0.3 is 0 Å². The molecule has 0 bridgehead atoms. The van der Waals surface area contributed by atoms with Gasteiger partial charge in [0.15, 0.2) is 11.5 Å². The topological polar surface area (TPSA) is 72.9 Å². The van der Waals surface area contributed by atoms with Crippen molar-refractivity contribution in [3.05, 3.63) is 72.3 Å². The molecule has 164 valence electrons.